The topological polar surface area (TPSA) is 85.2 Å². The number of thioether (sulfide) groups is 1. The number of hydrogen-bond acceptors (Lipinski definition) is 6. The standard InChI is InChI=1S/C17H20N4O3S2/c1-2-9-20-13-18-19-17(20)25-11-16(22)21(14-6-4-3-5-7-14)15-8-10-26(23,24)12-15/h2-7,13,15H,1,8-12H2/t15-/m0/s1. The number of carbonyl (C=O) groups is 1. The summed E-state index contributed by atoms with van der Waals surface area (Å²) >= 11 is 1.28. The molecule has 2 heterocycles. The van der Waals surface area contributed by atoms with Gasteiger partial charge in [0.1, 0.15) is 6.33 Å². The van der Waals surface area contributed by atoms with E-state index in [2.05, 4.69) is 16.8 Å². The van der Waals surface area contributed by atoms with Crippen molar-refractivity contribution >= 4 is 33.2 Å². The second kappa shape index (κ2) is 8.05. The summed E-state index contributed by atoms with van der Waals surface area (Å²) in [6.07, 6.45) is 3.78. The Morgan fingerprint density at radius 2 is 2.15 bits per heavy atom. The number of para-hydroxylation sites is 1. The van der Waals surface area contributed by atoms with E-state index in [1.54, 1.807) is 21.9 Å². The van der Waals surface area contributed by atoms with E-state index in [9.17, 15) is 13.2 Å². The Bertz CT molecular complexity index is 880. The second-order valence-electron chi connectivity index (χ2n) is 6.00. The molecule has 1 aromatic heterocycles. The van der Waals surface area contributed by atoms with E-state index in [1.165, 1.54) is 11.8 Å². The van der Waals surface area contributed by atoms with Crippen LogP contribution < -0.4 is 4.90 Å². The molecule has 1 fully saturated rings. The van der Waals surface area contributed by atoms with E-state index < -0.39 is 9.84 Å². The summed E-state index contributed by atoms with van der Waals surface area (Å²) in [5.74, 6) is 0.137. The maximum absolute atomic E-state index is 12.9. The van der Waals surface area contributed by atoms with Gasteiger partial charge in [-0.2, -0.15) is 0 Å². The van der Waals surface area contributed by atoms with Crippen LogP contribution >= 0.6 is 11.8 Å². The fraction of sp³-hybridized carbons (Fsp3) is 0.353. The summed E-state index contributed by atoms with van der Waals surface area (Å²) in [5.41, 5.74) is 0.716. The quantitative estimate of drug-likeness (QED) is 0.527. The number of anilines is 1. The van der Waals surface area contributed by atoms with Gasteiger partial charge in [-0.15, -0.1) is 16.8 Å². The molecule has 1 aliphatic rings. The first-order valence-electron chi connectivity index (χ1n) is 8.19. The van der Waals surface area contributed by atoms with Crippen molar-refractivity contribution < 1.29 is 13.2 Å². The predicted molar refractivity (Wildman–Crippen MR) is 102 cm³/mol. The van der Waals surface area contributed by atoms with Crippen LogP contribution in [0.5, 0.6) is 0 Å². The third-order valence-electron chi connectivity index (χ3n) is 4.11. The molecule has 0 spiro atoms. The van der Waals surface area contributed by atoms with Crippen LogP contribution in [0.2, 0.25) is 0 Å². The van der Waals surface area contributed by atoms with Crippen molar-refractivity contribution in [1.82, 2.24) is 14.8 Å². The van der Waals surface area contributed by atoms with Crippen LogP contribution in [0.15, 0.2) is 54.5 Å². The number of carbonyl (C=O) groups excluding carboxylic acids is 1. The summed E-state index contributed by atoms with van der Waals surface area (Å²) in [6, 6.07) is 8.87. The van der Waals surface area contributed by atoms with Gasteiger partial charge in [0.15, 0.2) is 15.0 Å². The third kappa shape index (κ3) is 4.34. The smallest absolute Gasteiger partial charge is 0.237 e. The van der Waals surface area contributed by atoms with E-state index in [-0.39, 0.29) is 29.2 Å². The Balaban J connectivity index is 1.77. The van der Waals surface area contributed by atoms with E-state index in [0.717, 1.165) is 0 Å². The van der Waals surface area contributed by atoms with Crippen LogP contribution in [-0.4, -0.2) is 52.4 Å². The molecule has 0 saturated carbocycles. The molecule has 0 radical (unpaired) electrons. The van der Waals surface area contributed by atoms with Gasteiger partial charge in [0.25, 0.3) is 0 Å². The minimum atomic E-state index is -3.09. The molecule has 2 aromatic rings. The summed E-state index contributed by atoms with van der Waals surface area (Å²) in [7, 11) is -3.09. The molecule has 1 saturated heterocycles. The summed E-state index contributed by atoms with van der Waals surface area (Å²) in [5, 5.41) is 8.51. The predicted octanol–water partition coefficient (Wildman–Crippen LogP) is 1.78. The van der Waals surface area contributed by atoms with Crippen LogP contribution in [0.3, 0.4) is 0 Å². The lowest BCUT2D eigenvalue weighted by Gasteiger charge is -2.28. The zero-order chi connectivity index (χ0) is 18.6. The first kappa shape index (κ1) is 18.7. The Morgan fingerprint density at radius 1 is 1.38 bits per heavy atom. The van der Waals surface area contributed by atoms with Crippen molar-refractivity contribution in [2.45, 2.75) is 24.2 Å². The Hall–Kier alpha value is -2.13. The lowest BCUT2D eigenvalue weighted by atomic mass is 10.2. The first-order valence-corrected chi connectivity index (χ1v) is 11.0. The maximum atomic E-state index is 12.9. The summed E-state index contributed by atoms with van der Waals surface area (Å²) < 4.78 is 25.6. The molecule has 1 atom stereocenters. The Kier molecular flexibility index (Phi) is 5.77. The number of nitrogens with zero attached hydrogens (tertiary/aromatic N) is 4. The number of aromatic nitrogens is 3. The monoisotopic (exact) mass is 392 g/mol. The van der Waals surface area contributed by atoms with Crippen molar-refractivity contribution in [3.8, 4) is 0 Å². The molecule has 138 valence electrons. The molecule has 1 aliphatic heterocycles. The van der Waals surface area contributed by atoms with Crippen LogP contribution in [0, 0.1) is 0 Å². The number of hydrogen-bond donors (Lipinski definition) is 0. The highest BCUT2D eigenvalue weighted by Crippen LogP contribution is 2.26. The molecule has 3 rings (SSSR count). The average molecular weight is 393 g/mol. The zero-order valence-electron chi connectivity index (χ0n) is 14.2. The van der Waals surface area contributed by atoms with E-state index >= 15 is 0 Å². The van der Waals surface area contributed by atoms with E-state index in [0.29, 0.717) is 23.8 Å². The second-order valence-corrected chi connectivity index (χ2v) is 9.17. The number of sulfone groups is 1. The lowest BCUT2D eigenvalue weighted by molar-refractivity contribution is -0.116. The number of allylic oxidation sites excluding steroid dienone is 1. The number of rotatable bonds is 7. The highest BCUT2D eigenvalue weighted by Gasteiger charge is 2.35. The van der Waals surface area contributed by atoms with Gasteiger partial charge in [-0.25, -0.2) is 8.42 Å². The minimum absolute atomic E-state index is 0.00491. The average Bonchev–Trinajstić information content (AvgIpc) is 3.21. The molecule has 1 amide bonds. The lowest BCUT2D eigenvalue weighted by Crippen LogP contribution is -2.42. The van der Waals surface area contributed by atoms with Gasteiger partial charge in [-0.05, 0) is 18.6 Å². The Labute approximate surface area is 157 Å². The van der Waals surface area contributed by atoms with E-state index in [4.69, 9.17) is 0 Å². The molecule has 9 heteroatoms. The molecule has 1 aromatic carbocycles. The zero-order valence-corrected chi connectivity index (χ0v) is 15.8. The molecular formula is C17H20N4O3S2. The summed E-state index contributed by atoms with van der Waals surface area (Å²) in [6.45, 7) is 4.25. The first-order chi connectivity index (χ1) is 12.5. The van der Waals surface area contributed by atoms with Crippen molar-refractivity contribution in [3.05, 3.63) is 49.3 Å². The number of benzene rings is 1. The Morgan fingerprint density at radius 3 is 2.81 bits per heavy atom. The molecule has 0 N–H and O–H groups in total. The highest BCUT2D eigenvalue weighted by molar-refractivity contribution is 7.99. The van der Waals surface area contributed by atoms with Crippen LogP contribution in [0.4, 0.5) is 5.69 Å². The van der Waals surface area contributed by atoms with Gasteiger partial charge in [-0.3, -0.25) is 4.79 Å². The molecule has 7 nitrogen and oxygen atoms in total. The maximum Gasteiger partial charge on any atom is 0.237 e. The van der Waals surface area contributed by atoms with E-state index in [1.807, 2.05) is 30.3 Å². The van der Waals surface area contributed by atoms with Crippen molar-refractivity contribution in [2.24, 2.45) is 0 Å². The van der Waals surface area contributed by atoms with Gasteiger partial charge in [0.05, 0.1) is 23.3 Å². The largest absolute Gasteiger partial charge is 0.308 e. The van der Waals surface area contributed by atoms with Crippen LogP contribution in [0.1, 0.15) is 6.42 Å². The van der Waals surface area contributed by atoms with Crippen molar-refractivity contribution in [3.63, 3.8) is 0 Å². The molecule has 26 heavy (non-hydrogen) atoms. The molecule has 0 bridgehead atoms. The van der Waals surface area contributed by atoms with Gasteiger partial charge in [0.2, 0.25) is 5.91 Å². The molecule has 0 aliphatic carbocycles. The third-order valence-corrected chi connectivity index (χ3v) is 6.82. The van der Waals surface area contributed by atoms with Gasteiger partial charge < -0.3 is 9.47 Å². The van der Waals surface area contributed by atoms with Crippen molar-refractivity contribution in [2.75, 3.05) is 22.2 Å². The normalized spacial score (nSPS) is 18.5. The van der Waals surface area contributed by atoms with Crippen LogP contribution in [0.25, 0.3) is 0 Å². The number of amides is 1. The molecular weight excluding hydrogens is 372 g/mol. The van der Waals surface area contributed by atoms with Crippen molar-refractivity contribution in [1.29, 1.82) is 0 Å². The van der Waals surface area contributed by atoms with Gasteiger partial charge in [0, 0.05) is 12.2 Å². The van der Waals surface area contributed by atoms with Gasteiger partial charge in [-0.1, -0.05) is 36.0 Å². The SMILES string of the molecule is C=CCn1cnnc1SCC(=O)N(c1ccccc1)[C@H]1CCS(=O)(=O)C1. The fourth-order valence-electron chi connectivity index (χ4n) is 2.94. The minimum Gasteiger partial charge on any atom is -0.308 e. The fourth-order valence-corrected chi connectivity index (χ4v) is 5.43. The summed E-state index contributed by atoms with van der Waals surface area (Å²) in [4.78, 5) is 14.6. The van der Waals surface area contributed by atoms with Crippen LogP contribution in [-0.2, 0) is 21.2 Å². The molecule has 0 unspecified atom stereocenters. The highest BCUT2D eigenvalue weighted by atomic mass is 32.2. The van der Waals surface area contributed by atoms with Gasteiger partial charge >= 0.3 is 0 Å².